The molecule has 0 bridgehead atoms. The molecule has 1 aliphatic heterocycles. The Morgan fingerprint density at radius 3 is 2.58 bits per heavy atom. The summed E-state index contributed by atoms with van der Waals surface area (Å²) in [6.45, 7) is 5.91. The number of piperazine rings is 1. The van der Waals surface area contributed by atoms with Crippen LogP contribution in [0.4, 0.5) is 0 Å². The van der Waals surface area contributed by atoms with Crippen LogP contribution < -0.4 is 0 Å². The van der Waals surface area contributed by atoms with Gasteiger partial charge in [0.2, 0.25) is 0 Å². The lowest BCUT2D eigenvalue weighted by Gasteiger charge is -2.34. The lowest BCUT2D eigenvalue weighted by molar-refractivity contribution is 0.0621. The minimum atomic E-state index is -0.00650. The minimum Gasteiger partial charge on any atom is -0.335 e. The highest BCUT2D eigenvalue weighted by Crippen LogP contribution is 2.22. The van der Waals surface area contributed by atoms with Gasteiger partial charge in [0.05, 0.1) is 10.2 Å². The van der Waals surface area contributed by atoms with Crippen LogP contribution >= 0.6 is 27.5 Å². The zero-order chi connectivity index (χ0) is 17.3. The van der Waals surface area contributed by atoms with Gasteiger partial charge in [-0.15, -0.1) is 0 Å². The molecule has 24 heavy (non-hydrogen) atoms. The molecule has 2 aromatic rings. The van der Waals surface area contributed by atoms with Crippen molar-refractivity contribution in [2.24, 2.45) is 7.05 Å². The molecule has 5 nitrogen and oxygen atoms in total. The van der Waals surface area contributed by atoms with E-state index in [0.717, 1.165) is 34.8 Å². The number of amides is 1. The molecular formula is C17H20BrClN4O. The number of aromatic nitrogens is 2. The van der Waals surface area contributed by atoms with Gasteiger partial charge in [-0.3, -0.25) is 14.4 Å². The van der Waals surface area contributed by atoms with E-state index in [1.165, 1.54) is 5.56 Å². The fraction of sp³-hybridized carbons (Fsp3) is 0.412. The second-order valence-electron chi connectivity index (χ2n) is 6.07. The minimum absolute atomic E-state index is 0.00650. The largest absolute Gasteiger partial charge is 0.335 e. The van der Waals surface area contributed by atoms with Crippen molar-refractivity contribution in [1.29, 1.82) is 0 Å². The lowest BCUT2D eigenvalue weighted by atomic mass is 10.2. The molecule has 0 aliphatic carbocycles. The van der Waals surface area contributed by atoms with E-state index in [2.05, 4.69) is 32.0 Å². The Labute approximate surface area is 155 Å². The average Bonchev–Trinajstić information content (AvgIpc) is 2.82. The number of hydrogen-bond acceptors (Lipinski definition) is 3. The fourth-order valence-corrected chi connectivity index (χ4v) is 3.59. The first kappa shape index (κ1) is 17.5. The molecule has 2 heterocycles. The topological polar surface area (TPSA) is 41.4 Å². The summed E-state index contributed by atoms with van der Waals surface area (Å²) in [7, 11) is 1.85. The normalized spacial score (nSPS) is 15.8. The van der Waals surface area contributed by atoms with E-state index < -0.39 is 0 Å². The molecule has 1 saturated heterocycles. The molecule has 1 aliphatic rings. The Hall–Kier alpha value is -1.37. The maximum atomic E-state index is 12.7. The van der Waals surface area contributed by atoms with Crippen LogP contribution in [-0.4, -0.2) is 51.7 Å². The van der Waals surface area contributed by atoms with E-state index in [1.54, 1.807) is 4.68 Å². The first-order chi connectivity index (χ1) is 11.5. The molecule has 7 heteroatoms. The summed E-state index contributed by atoms with van der Waals surface area (Å²) in [5.74, 6) is -0.00650. The van der Waals surface area contributed by atoms with Gasteiger partial charge in [-0.25, -0.2) is 0 Å². The zero-order valence-corrected chi connectivity index (χ0v) is 16.1. The Kier molecular flexibility index (Phi) is 5.27. The van der Waals surface area contributed by atoms with Crippen molar-refractivity contribution in [1.82, 2.24) is 19.6 Å². The Morgan fingerprint density at radius 1 is 1.29 bits per heavy atom. The van der Waals surface area contributed by atoms with E-state index in [1.807, 2.05) is 37.1 Å². The third kappa shape index (κ3) is 3.66. The number of benzene rings is 1. The van der Waals surface area contributed by atoms with Crippen molar-refractivity contribution in [3.05, 3.63) is 50.7 Å². The molecule has 1 aromatic heterocycles. The molecular weight excluding hydrogens is 392 g/mol. The number of halogens is 2. The van der Waals surface area contributed by atoms with Gasteiger partial charge in [-0.05, 0) is 40.5 Å². The Bertz CT molecular complexity index is 753. The number of rotatable bonds is 3. The summed E-state index contributed by atoms with van der Waals surface area (Å²) < 4.78 is 2.52. The molecule has 3 rings (SSSR count). The molecule has 0 radical (unpaired) electrons. The number of carbonyl (C=O) groups is 1. The van der Waals surface area contributed by atoms with Crippen molar-refractivity contribution in [3.63, 3.8) is 0 Å². The van der Waals surface area contributed by atoms with Gasteiger partial charge in [0.25, 0.3) is 5.91 Å². The van der Waals surface area contributed by atoms with E-state index in [0.29, 0.717) is 18.8 Å². The summed E-state index contributed by atoms with van der Waals surface area (Å²) in [6.07, 6.45) is 0. The van der Waals surface area contributed by atoms with E-state index >= 15 is 0 Å². The highest BCUT2D eigenvalue weighted by molar-refractivity contribution is 9.10. The van der Waals surface area contributed by atoms with E-state index in [9.17, 15) is 4.79 Å². The summed E-state index contributed by atoms with van der Waals surface area (Å²) >= 11 is 9.52. The fourth-order valence-electron chi connectivity index (χ4n) is 2.87. The van der Waals surface area contributed by atoms with Crippen molar-refractivity contribution >= 4 is 33.4 Å². The highest BCUT2D eigenvalue weighted by Gasteiger charge is 2.26. The molecule has 0 unspecified atom stereocenters. The molecule has 0 N–H and O–H groups in total. The van der Waals surface area contributed by atoms with Crippen LogP contribution in [-0.2, 0) is 13.6 Å². The third-order valence-corrected chi connectivity index (χ3v) is 5.60. The van der Waals surface area contributed by atoms with Crippen molar-refractivity contribution in [2.75, 3.05) is 26.2 Å². The summed E-state index contributed by atoms with van der Waals surface area (Å²) in [4.78, 5) is 16.9. The van der Waals surface area contributed by atoms with Crippen LogP contribution in [0.5, 0.6) is 0 Å². The average molecular weight is 412 g/mol. The molecule has 1 aromatic carbocycles. The molecule has 1 fully saturated rings. The first-order valence-corrected chi connectivity index (χ1v) is 9.08. The van der Waals surface area contributed by atoms with Crippen LogP contribution in [0.15, 0.2) is 28.7 Å². The standard InChI is InChI=1S/C17H20BrClN4O/c1-12-15(18)16(20-21(12)2)17(24)23-8-6-22(7-9-23)11-13-4-3-5-14(19)10-13/h3-5,10H,6-9,11H2,1-2H3. The molecule has 1 amide bonds. The molecule has 0 saturated carbocycles. The lowest BCUT2D eigenvalue weighted by Crippen LogP contribution is -2.48. The number of carbonyl (C=O) groups excluding carboxylic acids is 1. The van der Waals surface area contributed by atoms with Gasteiger partial charge in [0.1, 0.15) is 0 Å². The Morgan fingerprint density at radius 2 is 2.00 bits per heavy atom. The molecule has 128 valence electrons. The van der Waals surface area contributed by atoms with Gasteiger partial charge in [-0.2, -0.15) is 5.10 Å². The SMILES string of the molecule is Cc1c(Br)c(C(=O)N2CCN(Cc3cccc(Cl)c3)CC2)nn1C. The zero-order valence-electron chi connectivity index (χ0n) is 13.8. The third-order valence-electron chi connectivity index (χ3n) is 4.42. The van der Waals surface area contributed by atoms with Crippen molar-refractivity contribution in [2.45, 2.75) is 13.5 Å². The maximum Gasteiger partial charge on any atom is 0.275 e. The highest BCUT2D eigenvalue weighted by atomic mass is 79.9. The first-order valence-electron chi connectivity index (χ1n) is 7.91. The van der Waals surface area contributed by atoms with E-state index in [4.69, 9.17) is 11.6 Å². The smallest absolute Gasteiger partial charge is 0.275 e. The monoisotopic (exact) mass is 410 g/mol. The van der Waals surface area contributed by atoms with Crippen LogP contribution in [0.2, 0.25) is 5.02 Å². The second-order valence-corrected chi connectivity index (χ2v) is 7.30. The van der Waals surface area contributed by atoms with E-state index in [-0.39, 0.29) is 5.91 Å². The van der Waals surface area contributed by atoms with Crippen molar-refractivity contribution < 1.29 is 4.79 Å². The maximum absolute atomic E-state index is 12.7. The predicted octanol–water partition coefficient (Wildman–Crippen LogP) is 3.10. The second kappa shape index (κ2) is 7.25. The van der Waals surface area contributed by atoms with Crippen LogP contribution in [0.3, 0.4) is 0 Å². The van der Waals surface area contributed by atoms with Gasteiger partial charge < -0.3 is 4.90 Å². The quantitative estimate of drug-likeness (QED) is 0.779. The predicted molar refractivity (Wildman–Crippen MR) is 98.3 cm³/mol. The summed E-state index contributed by atoms with van der Waals surface area (Å²) in [5.41, 5.74) is 2.65. The van der Waals surface area contributed by atoms with Gasteiger partial charge >= 0.3 is 0 Å². The summed E-state index contributed by atoms with van der Waals surface area (Å²) in [6, 6.07) is 7.93. The van der Waals surface area contributed by atoms with Crippen molar-refractivity contribution in [3.8, 4) is 0 Å². The summed E-state index contributed by atoms with van der Waals surface area (Å²) in [5, 5.41) is 5.09. The van der Waals surface area contributed by atoms with Crippen LogP contribution in [0.1, 0.15) is 21.7 Å². The van der Waals surface area contributed by atoms with Gasteiger partial charge in [0, 0.05) is 44.8 Å². The number of hydrogen-bond donors (Lipinski definition) is 0. The van der Waals surface area contributed by atoms with Gasteiger partial charge in [0.15, 0.2) is 5.69 Å². The number of aryl methyl sites for hydroxylation is 1. The van der Waals surface area contributed by atoms with Crippen LogP contribution in [0, 0.1) is 6.92 Å². The number of nitrogens with zero attached hydrogens (tertiary/aromatic N) is 4. The molecule has 0 atom stereocenters. The van der Waals surface area contributed by atoms with Gasteiger partial charge in [-0.1, -0.05) is 23.7 Å². The van der Waals surface area contributed by atoms with Crippen LogP contribution in [0.25, 0.3) is 0 Å². The molecule has 0 spiro atoms. The Balaban J connectivity index is 1.60.